The Bertz CT molecular complexity index is 668. The first-order valence-corrected chi connectivity index (χ1v) is 10.1. The Labute approximate surface area is 138 Å². The average molecular weight is 336 g/mol. The molecule has 3 rings (SSSR count). The van der Waals surface area contributed by atoms with Crippen LogP contribution in [0.1, 0.15) is 37.7 Å². The lowest BCUT2D eigenvalue weighted by molar-refractivity contribution is -0.125. The van der Waals surface area contributed by atoms with Gasteiger partial charge in [0.2, 0.25) is 15.9 Å². The molecule has 0 aromatic heterocycles. The minimum atomic E-state index is -3.34. The zero-order valence-corrected chi connectivity index (χ0v) is 14.3. The van der Waals surface area contributed by atoms with Gasteiger partial charge in [-0.1, -0.05) is 36.8 Å². The highest BCUT2D eigenvalue weighted by molar-refractivity contribution is 7.88. The summed E-state index contributed by atoms with van der Waals surface area (Å²) in [7, 11) is -3.34. The molecule has 1 atom stereocenters. The molecule has 1 aliphatic heterocycles. The third-order valence-corrected chi connectivity index (χ3v) is 6.31. The molecule has 1 saturated heterocycles. The summed E-state index contributed by atoms with van der Waals surface area (Å²) in [5.41, 5.74) is 1.30. The van der Waals surface area contributed by atoms with Gasteiger partial charge in [0.25, 0.3) is 0 Å². The van der Waals surface area contributed by atoms with E-state index >= 15 is 0 Å². The second kappa shape index (κ2) is 6.24. The van der Waals surface area contributed by atoms with Crippen LogP contribution in [0.4, 0.5) is 0 Å². The Hall–Kier alpha value is -1.40. The summed E-state index contributed by atoms with van der Waals surface area (Å²) in [5, 5.41) is 3.01. The van der Waals surface area contributed by atoms with Gasteiger partial charge in [-0.05, 0) is 31.2 Å². The van der Waals surface area contributed by atoms with Crippen molar-refractivity contribution in [3.05, 3.63) is 35.9 Å². The van der Waals surface area contributed by atoms with Crippen LogP contribution in [0.15, 0.2) is 30.3 Å². The minimum Gasteiger partial charge on any atom is -0.354 e. The Morgan fingerprint density at radius 3 is 2.57 bits per heavy atom. The molecule has 0 unspecified atom stereocenters. The van der Waals surface area contributed by atoms with Crippen LogP contribution in [0.5, 0.6) is 0 Å². The lowest BCUT2D eigenvalue weighted by Crippen LogP contribution is -2.52. The zero-order chi connectivity index (χ0) is 16.5. The van der Waals surface area contributed by atoms with Gasteiger partial charge in [-0.2, -0.15) is 4.31 Å². The van der Waals surface area contributed by atoms with Crippen LogP contribution >= 0.6 is 0 Å². The normalized spacial score (nSPS) is 24.1. The molecule has 0 bridgehead atoms. The standard InChI is InChI=1S/C17H24N2O3S/c1-23(21,22)19-12-6-5-9-15(19)16(20)18-13-17(10-11-17)14-7-3-2-4-8-14/h2-4,7-8,15H,5-6,9-13H2,1H3,(H,18,20)/t15-/m1/s1. The number of piperidine rings is 1. The largest absolute Gasteiger partial charge is 0.354 e. The summed E-state index contributed by atoms with van der Waals surface area (Å²) in [6.07, 6.45) is 5.65. The van der Waals surface area contributed by atoms with Gasteiger partial charge in [-0.3, -0.25) is 4.79 Å². The van der Waals surface area contributed by atoms with Gasteiger partial charge in [0, 0.05) is 18.5 Å². The van der Waals surface area contributed by atoms with Crippen LogP contribution in [0.25, 0.3) is 0 Å². The molecule has 1 N–H and O–H groups in total. The molecule has 1 amide bonds. The van der Waals surface area contributed by atoms with E-state index in [2.05, 4.69) is 17.4 Å². The number of hydrogen-bond donors (Lipinski definition) is 1. The Morgan fingerprint density at radius 2 is 1.96 bits per heavy atom. The van der Waals surface area contributed by atoms with Gasteiger partial charge >= 0.3 is 0 Å². The molecule has 6 heteroatoms. The minimum absolute atomic E-state index is 0.0432. The number of sulfonamides is 1. The summed E-state index contributed by atoms with van der Waals surface area (Å²) >= 11 is 0. The van der Waals surface area contributed by atoms with Crippen LogP contribution in [0.2, 0.25) is 0 Å². The summed E-state index contributed by atoms with van der Waals surface area (Å²) in [6, 6.07) is 9.67. The molecule has 0 spiro atoms. The monoisotopic (exact) mass is 336 g/mol. The first kappa shape index (κ1) is 16.5. The van der Waals surface area contributed by atoms with Gasteiger partial charge in [0.15, 0.2) is 0 Å². The summed E-state index contributed by atoms with van der Waals surface area (Å²) in [6.45, 7) is 1.03. The molecule has 1 saturated carbocycles. The number of rotatable bonds is 5. The Balaban J connectivity index is 1.65. The van der Waals surface area contributed by atoms with Crippen molar-refractivity contribution in [2.24, 2.45) is 0 Å². The van der Waals surface area contributed by atoms with E-state index in [0.717, 1.165) is 25.7 Å². The maximum atomic E-state index is 12.5. The predicted molar refractivity (Wildman–Crippen MR) is 89.6 cm³/mol. The highest BCUT2D eigenvalue weighted by Crippen LogP contribution is 2.47. The summed E-state index contributed by atoms with van der Waals surface area (Å²) in [4.78, 5) is 12.5. The lowest BCUT2D eigenvalue weighted by atomic mass is 9.95. The van der Waals surface area contributed by atoms with Crippen molar-refractivity contribution in [2.45, 2.75) is 43.6 Å². The quantitative estimate of drug-likeness (QED) is 0.889. The van der Waals surface area contributed by atoms with E-state index in [-0.39, 0.29) is 11.3 Å². The van der Waals surface area contributed by atoms with Crippen molar-refractivity contribution in [1.29, 1.82) is 0 Å². The van der Waals surface area contributed by atoms with Gasteiger partial charge in [-0.25, -0.2) is 8.42 Å². The van der Waals surface area contributed by atoms with Gasteiger partial charge in [0.05, 0.1) is 6.26 Å². The van der Waals surface area contributed by atoms with Crippen molar-refractivity contribution in [3.63, 3.8) is 0 Å². The third kappa shape index (κ3) is 3.58. The molecule has 5 nitrogen and oxygen atoms in total. The fourth-order valence-corrected chi connectivity index (χ4v) is 4.57. The van der Waals surface area contributed by atoms with Crippen LogP contribution in [0, 0.1) is 0 Å². The molecule has 23 heavy (non-hydrogen) atoms. The number of amides is 1. The van der Waals surface area contributed by atoms with Crippen molar-refractivity contribution in [3.8, 4) is 0 Å². The average Bonchev–Trinajstić information content (AvgIpc) is 3.34. The smallest absolute Gasteiger partial charge is 0.238 e. The van der Waals surface area contributed by atoms with Crippen molar-refractivity contribution in [2.75, 3.05) is 19.3 Å². The number of carbonyl (C=O) groups is 1. The summed E-state index contributed by atoms with van der Waals surface area (Å²) in [5.74, 6) is -0.155. The second-order valence-electron chi connectivity index (χ2n) is 6.75. The summed E-state index contributed by atoms with van der Waals surface area (Å²) < 4.78 is 25.1. The molecule has 1 aromatic carbocycles. The fraction of sp³-hybridized carbons (Fsp3) is 0.588. The fourth-order valence-electron chi connectivity index (χ4n) is 3.45. The van der Waals surface area contributed by atoms with Crippen molar-refractivity contribution < 1.29 is 13.2 Å². The van der Waals surface area contributed by atoms with Crippen LogP contribution in [-0.4, -0.2) is 44.0 Å². The third-order valence-electron chi connectivity index (χ3n) is 5.02. The molecule has 1 aliphatic carbocycles. The van der Waals surface area contributed by atoms with E-state index in [1.54, 1.807) is 0 Å². The number of carbonyl (C=O) groups excluding carboxylic acids is 1. The van der Waals surface area contributed by atoms with Gasteiger partial charge < -0.3 is 5.32 Å². The molecule has 1 aromatic rings. The van der Waals surface area contributed by atoms with Crippen molar-refractivity contribution in [1.82, 2.24) is 9.62 Å². The van der Waals surface area contributed by atoms with E-state index in [1.165, 1.54) is 16.1 Å². The maximum Gasteiger partial charge on any atom is 0.238 e. The molecular weight excluding hydrogens is 312 g/mol. The van der Waals surface area contributed by atoms with E-state index in [0.29, 0.717) is 19.5 Å². The molecular formula is C17H24N2O3S. The highest BCUT2D eigenvalue weighted by atomic mass is 32.2. The first-order valence-electron chi connectivity index (χ1n) is 8.22. The molecule has 1 heterocycles. The van der Waals surface area contributed by atoms with Crippen molar-refractivity contribution >= 4 is 15.9 Å². The predicted octanol–water partition coefficient (Wildman–Crippen LogP) is 1.65. The lowest BCUT2D eigenvalue weighted by Gasteiger charge is -2.33. The van der Waals surface area contributed by atoms with Crippen LogP contribution in [-0.2, 0) is 20.2 Å². The molecule has 126 valence electrons. The molecule has 0 radical (unpaired) electrons. The molecule has 2 aliphatic rings. The number of hydrogen-bond acceptors (Lipinski definition) is 3. The zero-order valence-electron chi connectivity index (χ0n) is 13.5. The topological polar surface area (TPSA) is 66.5 Å². The number of benzene rings is 1. The van der Waals surface area contributed by atoms with E-state index in [1.807, 2.05) is 18.2 Å². The van der Waals surface area contributed by atoms with E-state index in [4.69, 9.17) is 0 Å². The number of nitrogens with one attached hydrogen (secondary N) is 1. The number of nitrogens with zero attached hydrogens (tertiary/aromatic N) is 1. The van der Waals surface area contributed by atoms with Crippen LogP contribution in [0.3, 0.4) is 0 Å². The highest BCUT2D eigenvalue weighted by Gasteiger charge is 2.45. The van der Waals surface area contributed by atoms with Gasteiger partial charge in [-0.15, -0.1) is 0 Å². The SMILES string of the molecule is CS(=O)(=O)N1CCCC[C@@H]1C(=O)NCC1(c2ccccc2)CC1. The first-order chi connectivity index (χ1) is 10.9. The maximum absolute atomic E-state index is 12.5. The molecule has 2 fully saturated rings. The Kier molecular flexibility index (Phi) is 4.47. The van der Waals surface area contributed by atoms with E-state index < -0.39 is 16.1 Å². The second-order valence-corrected chi connectivity index (χ2v) is 8.68. The Morgan fingerprint density at radius 1 is 1.26 bits per heavy atom. The van der Waals surface area contributed by atoms with E-state index in [9.17, 15) is 13.2 Å². The van der Waals surface area contributed by atoms with Gasteiger partial charge in [0.1, 0.15) is 6.04 Å². The van der Waals surface area contributed by atoms with Crippen LogP contribution < -0.4 is 5.32 Å².